The summed E-state index contributed by atoms with van der Waals surface area (Å²) in [5.74, 6) is -0.104. The van der Waals surface area contributed by atoms with Crippen molar-refractivity contribution < 1.29 is 9.90 Å². The first kappa shape index (κ1) is 14.8. The quantitative estimate of drug-likeness (QED) is 0.805. The van der Waals surface area contributed by atoms with Crippen LogP contribution in [0, 0.1) is 0 Å². The highest BCUT2D eigenvalue weighted by Gasteiger charge is 2.12. The van der Waals surface area contributed by atoms with Gasteiger partial charge in [-0.3, -0.25) is 9.69 Å². The van der Waals surface area contributed by atoms with Gasteiger partial charge in [-0.2, -0.15) is 8.75 Å². The highest BCUT2D eigenvalue weighted by atomic mass is 32.1. The number of anilines is 1. The molecule has 0 fully saturated rings. The van der Waals surface area contributed by atoms with E-state index in [2.05, 4.69) is 14.1 Å². The largest absolute Gasteiger partial charge is 0.395 e. The monoisotopic (exact) mass is 294 g/mol. The van der Waals surface area contributed by atoms with E-state index in [0.717, 1.165) is 35.7 Å². The molecule has 2 rings (SSSR count). The minimum atomic E-state index is -0.104. The van der Waals surface area contributed by atoms with E-state index in [-0.39, 0.29) is 19.1 Å². The van der Waals surface area contributed by atoms with E-state index in [0.29, 0.717) is 12.2 Å². The van der Waals surface area contributed by atoms with Gasteiger partial charge >= 0.3 is 0 Å². The second kappa shape index (κ2) is 7.28. The molecule has 1 amide bonds. The Kier molecular flexibility index (Phi) is 5.40. The van der Waals surface area contributed by atoms with E-state index in [9.17, 15) is 4.79 Å². The summed E-state index contributed by atoms with van der Waals surface area (Å²) in [6, 6.07) is 5.53. The summed E-state index contributed by atoms with van der Waals surface area (Å²) >= 11 is 1.13. The summed E-state index contributed by atoms with van der Waals surface area (Å²) in [5, 5.41) is 11.8. The normalized spacial score (nSPS) is 11.2. The number of hydrogen-bond acceptors (Lipinski definition) is 6. The van der Waals surface area contributed by atoms with Crippen LogP contribution in [0.25, 0.3) is 11.0 Å². The molecule has 0 atom stereocenters. The van der Waals surface area contributed by atoms with Crippen molar-refractivity contribution in [2.75, 3.05) is 31.6 Å². The van der Waals surface area contributed by atoms with Gasteiger partial charge in [-0.1, -0.05) is 13.0 Å². The zero-order valence-corrected chi connectivity index (χ0v) is 12.2. The zero-order valence-electron chi connectivity index (χ0n) is 11.4. The van der Waals surface area contributed by atoms with Crippen molar-refractivity contribution in [2.24, 2.45) is 0 Å². The Morgan fingerprint density at radius 1 is 1.40 bits per heavy atom. The number of nitrogens with one attached hydrogen (secondary N) is 1. The van der Waals surface area contributed by atoms with E-state index >= 15 is 0 Å². The zero-order chi connectivity index (χ0) is 14.4. The van der Waals surface area contributed by atoms with Crippen LogP contribution < -0.4 is 5.32 Å². The van der Waals surface area contributed by atoms with Crippen LogP contribution in [0.2, 0.25) is 0 Å². The Morgan fingerprint density at radius 3 is 3.00 bits per heavy atom. The van der Waals surface area contributed by atoms with E-state index in [4.69, 9.17) is 5.11 Å². The van der Waals surface area contributed by atoms with Crippen molar-refractivity contribution in [3.05, 3.63) is 18.2 Å². The lowest BCUT2D eigenvalue weighted by molar-refractivity contribution is -0.117. The van der Waals surface area contributed by atoms with Crippen molar-refractivity contribution in [3.63, 3.8) is 0 Å². The predicted molar refractivity (Wildman–Crippen MR) is 79.9 cm³/mol. The SMILES string of the molecule is CCCN(CCO)CC(=O)Nc1cccc2nsnc12. The minimum Gasteiger partial charge on any atom is -0.395 e. The maximum absolute atomic E-state index is 12.1. The van der Waals surface area contributed by atoms with Gasteiger partial charge in [-0.15, -0.1) is 0 Å². The summed E-state index contributed by atoms with van der Waals surface area (Å²) in [4.78, 5) is 14.0. The Balaban J connectivity index is 2.01. The van der Waals surface area contributed by atoms with Crippen LogP contribution in [0.4, 0.5) is 5.69 Å². The van der Waals surface area contributed by atoms with Gasteiger partial charge in [0.15, 0.2) is 0 Å². The second-order valence-electron chi connectivity index (χ2n) is 4.49. The Labute approximate surface area is 121 Å². The highest BCUT2D eigenvalue weighted by Crippen LogP contribution is 2.20. The molecule has 0 aliphatic heterocycles. The van der Waals surface area contributed by atoms with E-state index in [1.54, 1.807) is 0 Å². The Bertz CT molecular complexity index is 566. The number of carbonyl (C=O) groups excluding carboxylic acids is 1. The first-order valence-corrected chi connectivity index (χ1v) is 7.32. The van der Waals surface area contributed by atoms with Gasteiger partial charge in [-0.05, 0) is 25.1 Å². The van der Waals surface area contributed by atoms with Gasteiger partial charge in [0.1, 0.15) is 11.0 Å². The molecule has 0 aliphatic carbocycles. The molecule has 108 valence electrons. The van der Waals surface area contributed by atoms with Crippen molar-refractivity contribution in [3.8, 4) is 0 Å². The number of rotatable bonds is 7. The van der Waals surface area contributed by atoms with E-state index in [1.807, 2.05) is 30.0 Å². The van der Waals surface area contributed by atoms with Gasteiger partial charge in [0, 0.05) is 6.54 Å². The summed E-state index contributed by atoms with van der Waals surface area (Å²) in [6.07, 6.45) is 0.943. The smallest absolute Gasteiger partial charge is 0.238 e. The maximum Gasteiger partial charge on any atom is 0.238 e. The van der Waals surface area contributed by atoms with Crippen LogP contribution in [0.5, 0.6) is 0 Å². The van der Waals surface area contributed by atoms with Crippen LogP contribution in [0.15, 0.2) is 18.2 Å². The third kappa shape index (κ3) is 3.72. The number of aliphatic hydroxyl groups excluding tert-OH is 1. The van der Waals surface area contributed by atoms with Gasteiger partial charge in [-0.25, -0.2) is 0 Å². The fraction of sp³-hybridized carbons (Fsp3) is 0.462. The van der Waals surface area contributed by atoms with Crippen LogP contribution in [0.1, 0.15) is 13.3 Å². The fourth-order valence-corrected chi connectivity index (χ4v) is 2.58. The van der Waals surface area contributed by atoms with Crippen LogP contribution in [-0.2, 0) is 4.79 Å². The Hall–Kier alpha value is -1.57. The fourth-order valence-electron chi connectivity index (χ4n) is 2.03. The van der Waals surface area contributed by atoms with Gasteiger partial charge in [0.2, 0.25) is 5.91 Å². The minimum absolute atomic E-state index is 0.0544. The number of aromatic nitrogens is 2. The average molecular weight is 294 g/mol. The Morgan fingerprint density at radius 2 is 2.25 bits per heavy atom. The molecule has 0 aliphatic rings. The number of aliphatic hydroxyl groups is 1. The molecule has 20 heavy (non-hydrogen) atoms. The highest BCUT2D eigenvalue weighted by molar-refractivity contribution is 7.00. The maximum atomic E-state index is 12.1. The van der Waals surface area contributed by atoms with Crippen LogP contribution in [-0.4, -0.2) is 50.9 Å². The lowest BCUT2D eigenvalue weighted by Crippen LogP contribution is -2.35. The molecule has 0 saturated carbocycles. The molecule has 0 radical (unpaired) electrons. The molecule has 0 unspecified atom stereocenters. The molecule has 6 nitrogen and oxygen atoms in total. The molecule has 1 heterocycles. The second-order valence-corrected chi connectivity index (χ2v) is 5.01. The van der Waals surface area contributed by atoms with Crippen molar-refractivity contribution in [2.45, 2.75) is 13.3 Å². The molecule has 0 saturated heterocycles. The lowest BCUT2D eigenvalue weighted by Gasteiger charge is -2.19. The standard InChI is InChI=1S/C13H18N4O2S/c1-2-6-17(7-8-18)9-12(19)14-10-4-3-5-11-13(10)16-20-15-11/h3-5,18H,2,6-9H2,1H3,(H,14,19). The number of carbonyl (C=O) groups is 1. The summed E-state index contributed by atoms with van der Waals surface area (Å²) in [5.41, 5.74) is 2.19. The molecule has 1 aromatic heterocycles. The van der Waals surface area contributed by atoms with Crippen molar-refractivity contribution in [1.82, 2.24) is 13.6 Å². The molecule has 2 N–H and O–H groups in total. The average Bonchev–Trinajstić information content (AvgIpc) is 2.88. The number of fused-ring (bicyclic) bond motifs is 1. The molecule has 2 aromatic rings. The molecule has 0 bridgehead atoms. The van der Waals surface area contributed by atoms with E-state index < -0.39 is 0 Å². The van der Waals surface area contributed by atoms with Crippen molar-refractivity contribution in [1.29, 1.82) is 0 Å². The van der Waals surface area contributed by atoms with Crippen molar-refractivity contribution >= 4 is 34.4 Å². The lowest BCUT2D eigenvalue weighted by atomic mass is 10.2. The van der Waals surface area contributed by atoms with Crippen LogP contribution in [0.3, 0.4) is 0 Å². The molecular weight excluding hydrogens is 276 g/mol. The van der Waals surface area contributed by atoms with Crippen LogP contribution >= 0.6 is 11.7 Å². The third-order valence-electron chi connectivity index (χ3n) is 2.88. The third-order valence-corrected chi connectivity index (χ3v) is 3.43. The van der Waals surface area contributed by atoms with E-state index in [1.165, 1.54) is 0 Å². The molecule has 1 aromatic carbocycles. The topological polar surface area (TPSA) is 78.4 Å². The first-order chi connectivity index (χ1) is 9.74. The summed E-state index contributed by atoms with van der Waals surface area (Å²) in [7, 11) is 0. The summed E-state index contributed by atoms with van der Waals surface area (Å²) in [6.45, 7) is 3.66. The number of benzene rings is 1. The molecular formula is C13H18N4O2S. The van der Waals surface area contributed by atoms with Gasteiger partial charge < -0.3 is 10.4 Å². The van der Waals surface area contributed by atoms with Gasteiger partial charge in [0.25, 0.3) is 0 Å². The number of nitrogens with zero attached hydrogens (tertiary/aromatic N) is 3. The summed E-state index contributed by atoms with van der Waals surface area (Å²) < 4.78 is 8.33. The van der Waals surface area contributed by atoms with Gasteiger partial charge in [0.05, 0.1) is 30.6 Å². The molecule has 0 spiro atoms. The molecule has 7 heteroatoms. The number of amides is 1. The number of hydrogen-bond donors (Lipinski definition) is 2. The first-order valence-electron chi connectivity index (χ1n) is 6.59. The predicted octanol–water partition coefficient (Wildman–Crippen LogP) is 1.33.